The zero-order valence-corrected chi connectivity index (χ0v) is 33.1. The normalized spacial score (nSPS) is 35.2. The van der Waals surface area contributed by atoms with Gasteiger partial charge in [-0.15, -0.1) is 0 Å². The Morgan fingerprint density at radius 2 is 1.47 bits per heavy atom. The SMILES string of the molecule is CCC(C)CCCCCCCC/C=C/C(=O)N[C@H]1[C@H](O[C@H]2O[C@H](CO)[C@@H](O)[C@H](O)[C@H]2NC(C)=O)O[C@H](C[C@H](O)[C@H]2O[C@@H](n3ccc(=O)[nH]c3=O)[C@H](O)[C@@H]2O)[C@H](O)[C@@H]1O. The number of aromatic nitrogens is 2. The fourth-order valence-corrected chi connectivity index (χ4v) is 7.42. The standard InChI is InChI=1S/C38H62N4O16/c1-4-19(2)13-11-9-7-5-6-8-10-12-14-24(46)40-27-31(51)28(48)22(55-37(27)58-36-26(39-20(3)44)30(50)29(49)23(18-43)56-36)17-21(45)34-32(52)33(53)35(57-34)42-16-15-25(47)41-38(42)54/h12,14-16,19,21-23,26-37,43,45,48-53H,4-11,13,17-18H2,1-3H3,(H,39,44)(H,40,46)(H,41,47,54)/b14-12+/t19?,21-,22+,23+,26+,27+,28-,29+,30+,31+,32-,33+,34+,35+,36+,37-/m0/s1. The Bertz CT molecular complexity index is 1590. The van der Waals surface area contributed by atoms with Crippen LogP contribution in [0.5, 0.6) is 0 Å². The molecule has 20 heteroatoms. The molecular weight excluding hydrogens is 768 g/mol. The molecule has 3 aliphatic rings. The lowest BCUT2D eigenvalue weighted by atomic mass is 9.91. The molecule has 0 bridgehead atoms. The molecule has 16 atom stereocenters. The van der Waals surface area contributed by atoms with Crippen molar-refractivity contribution in [1.29, 1.82) is 0 Å². The van der Waals surface area contributed by atoms with Crippen LogP contribution in [-0.2, 0) is 28.5 Å². The van der Waals surface area contributed by atoms with Crippen molar-refractivity contribution in [3.05, 3.63) is 45.3 Å². The zero-order valence-electron chi connectivity index (χ0n) is 33.1. The molecule has 3 saturated heterocycles. The average Bonchev–Trinajstić information content (AvgIpc) is 3.48. The lowest BCUT2D eigenvalue weighted by molar-refractivity contribution is -0.346. The molecule has 4 heterocycles. The van der Waals surface area contributed by atoms with E-state index in [2.05, 4.69) is 24.5 Å². The highest BCUT2D eigenvalue weighted by Crippen LogP contribution is 2.34. The van der Waals surface area contributed by atoms with E-state index in [1.165, 1.54) is 31.8 Å². The molecule has 0 saturated carbocycles. The van der Waals surface area contributed by atoms with E-state index in [1.807, 2.05) is 4.98 Å². The number of hydrogen-bond acceptors (Lipinski definition) is 16. The summed E-state index contributed by atoms with van der Waals surface area (Å²) in [5, 5.41) is 91.4. The van der Waals surface area contributed by atoms with Crippen LogP contribution in [0.25, 0.3) is 0 Å². The van der Waals surface area contributed by atoms with E-state index in [-0.39, 0.29) is 0 Å². The van der Waals surface area contributed by atoms with Crippen molar-refractivity contribution in [1.82, 2.24) is 20.2 Å². The van der Waals surface area contributed by atoms with Crippen LogP contribution < -0.4 is 21.9 Å². The third-order valence-corrected chi connectivity index (χ3v) is 11.1. The Hall–Kier alpha value is -3.12. The second-order valence-electron chi connectivity index (χ2n) is 15.5. The number of carbonyl (C=O) groups is 2. The molecular formula is C38H62N4O16. The van der Waals surface area contributed by atoms with Gasteiger partial charge in [-0.2, -0.15) is 0 Å². The van der Waals surface area contributed by atoms with Gasteiger partial charge in [0.1, 0.15) is 60.9 Å². The fourth-order valence-electron chi connectivity index (χ4n) is 7.42. The van der Waals surface area contributed by atoms with Crippen LogP contribution in [0.4, 0.5) is 0 Å². The maximum absolute atomic E-state index is 13.1. The summed E-state index contributed by atoms with van der Waals surface area (Å²) in [5.41, 5.74) is -1.68. The molecule has 330 valence electrons. The Labute approximate surface area is 335 Å². The third kappa shape index (κ3) is 12.5. The number of allylic oxidation sites excluding steroid dienone is 1. The van der Waals surface area contributed by atoms with Gasteiger partial charge in [-0.3, -0.25) is 23.9 Å². The summed E-state index contributed by atoms with van der Waals surface area (Å²) in [5.74, 6) is -0.613. The van der Waals surface area contributed by atoms with Gasteiger partial charge in [0.2, 0.25) is 11.8 Å². The van der Waals surface area contributed by atoms with Crippen LogP contribution in [0.2, 0.25) is 0 Å². The van der Waals surface area contributed by atoms with Gasteiger partial charge < -0.3 is 70.4 Å². The van der Waals surface area contributed by atoms with Crippen molar-refractivity contribution in [2.45, 2.75) is 177 Å². The lowest BCUT2D eigenvalue weighted by Crippen LogP contribution is -2.68. The van der Waals surface area contributed by atoms with Gasteiger partial charge in [-0.1, -0.05) is 64.9 Å². The molecule has 3 fully saturated rings. The molecule has 1 aromatic heterocycles. The summed E-state index contributed by atoms with van der Waals surface area (Å²) in [7, 11) is 0. The third-order valence-electron chi connectivity index (χ3n) is 11.1. The van der Waals surface area contributed by atoms with E-state index in [4.69, 9.17) is 18.9 Å². The molecule has 2 amide bonds. The summed E-state index contributed by atoms with van der Waals surface area (Å²) in [6.45, 7) is 4.80. The van der Waals surface area contributed by atoms with E-state index in [9.17, 15) is 60.0 Å². The minimum atomic E-state index is -1.85. The van der Waals surface area contributed by atoms with Gasteiger partial charge in [-0.05, 0) is 24.8 Å². The number of rotatable bonds is 20. The number of ether oxygens (including phenoxy) is 4. The highest BCUT2D eigenvalue weighted by atomic mass is 16.8. The molecule has 58 heavy (non-hydrogen) atoms. The van der Waals surface area contributed by atoms with Gasteiger partial charge in [0.25, 0.3) is 5.56 Å². The lowest BCUT2D eigenvalue weighted by Gasteiger charge is -2.47. The molecule has 0 aliphatic carbocycles. The van der Waals surface area contributed by atoms with Crippen molar-refractivity contribution in [2.24, 2.45) is 5.92 Å². The maximum atomic E-state index is 13.1. The fraction of sp³-hybridized carbons (Fsp3) is 0.789. The van der Waals surface area contributed by atoms with E-state index >= 15 is 0 Å². The number of unbranched alkanes of at least 4 members (excludes halogenated alkanes) is 6. The quantitative estimate of drug-likeness (QED) is 0.0479. The number of amides is 2. The molecule has 0 radical (unpaired) electrons. The molecule has 4 rings (SSSR count). The maximum Gasteiger partial charge on any atom is 0.330 e. The van der Waals surface area contributed by atoms with Gasteiger partial charge in [0.05, 0.1) is 18.8 Å². The topological polar surface area (TPSA) is 312 Å². The highest BCUT2D eigenvalue weighted by Gasteiger charge is 2.53. The van der Waals surface area contributed by atoms with Crippen molar-refractivity contribution in [3.63, 3.8) is 0 Å². The number of nitrogens with zero attached hydrogens (tertiary/aromatic N) is 1. The number of aliphatic hydroxyl groups is 8. The molecule has 1 aromatic rings. The number of nitrogens with one attached hydrogen (secondary N) is 3. The van der Waals surface area contributed by atoms with E-state index in [1.54, 1.807) is 6.08 Å². The van der Waals surface area contributed by atoms with Crippen LogP contribution >= 0.6 is 0 Å². The summed E-state index contributed by atoms with van der Waals surface area (Å²) in [6.07, 6.45) is -9.03. The van der Waals surface area contributed by atoms with Gasteiger partial charge in [-0.25, -0.2) is 4.79 Å². The van der Waals surface area contributed by atoms with Crippen LogP contribution in [0.1, 0.15) is 91.2 Å². The van der Waals surface area contributed by atoms with Crippen molar-refractivity contribution in [3.8, 4) is 0 Å². The first kappa shape index (κ1) is 47.6. The molecule has 0 aromatic carbocycles. The van der Waals surface area contributed by atoms with Gasteiger partial charge in [0, 0.05) is 25.6 Å². The first-order valence-electron chi connectivity index (χ1n) is 20.1. The predicted octanol–water partition coefficient (Wildman–Crippen LogP) is -2.48. The first-order valence-corrected chi connectivity index (χ1v) is 20.1. The summed E-state index contributed by atoms with van der Waals surface area (Å²) >= 11 is 0. The van der Waals surface area contributed by atoms with Gasteiger partial charge in [0.15, 0.2) is 18.8 Å². The molecule has 11 N–H and O–H groups in total. The number of hydrogen-bond donors (Lipinski definition) is 11. The van der Waals surface area contributed by atoms with Crippen LogP contribution in [-0.4, -0.2) is 155 Å². The number of aliphatic hydroxyl groups excluding tert-OH is 8. The number of H-pyrrole nitrogens is 1. The van der Waals surface area contributed by atoms with E-state index in [0.29, 0.717) is 6.42 Å². The van der Waals surface area contributed by atoms with E-state index < -0.39 is 128 Å². The average molecular weight is 831 g/mol. The van der Waals surface area contributed by atoms with Crippen LogP contribution in [0.15, 0.2) is 34.0 Å². The second-order valence-corrected chi connectivity index (χ2v) is 15.5. The van der Waals surface area contributed by atoms with Crippen LogP contribution in [0.3, 0.4) is 0 Å². The smallest absolute Gasteiger partial charge is 0.330 e. The highest BCUT2D eigenvalue weighted by molar-refractivity contribution is 5.87. The Kier molecular flexibility index (Phi) is 18.4. The van der Waals surface area contributed by atoms with Crippen molar-refractivity contribution < 1.29 is 69.4 Å². The number of carbonyl (C=O) groups excluding carboxylic acids is 2. The van der Waals surface area contributed by atoms with Gasteiger partial charge >= 0.3 is 5.69 Å². The molecule has 3 aliphatic heterocycles. The number of aromatic amines is 1. The molecule has 0 spiro atoms. The second kappa shape index (κ2) is 22.5. The monoisotopic (exact) mass is 830 g/mol. The minimum absolute atomic E-state index is 0.598. The Balaban J connectivity index is 1.46. The summed E-state index contributed by atoms with van der Waals surface area (Å²) in [4.78, 5) is 51.1. The minimum Gasteiger partial charge on any atom is -0.394 e. The summed E-state index contributed by atoms with van der Waals surface area (Å²) in [6, 6.07) is -2.01. The first-order chi connectivity index (χ1) is 27.6. The van der Waals surface area contributed by atoms with Crippen LogP contribution in [0, 0.1) is 5.92 Å². The Morgan fingerprint density at radius 3 is 2.09 bits per heavy atom. The summed E-state index contributed by atoms with van der Waals surface area (Å²) < 4.78 is 24.1. The Morgan fingerprint density at radius 1 is 0.862 bits per heavy atom. The largest absolute Gasteiger partial charge is 0.394 e. The van der Waals surface area contributed by atoms with E-state index in [0.717, 1.165) is 55.4 Å². The predicted molar refractivity (Wildman–Crippen MR) is 202 cm³/mol. The molecule has 1 unspecified atom stereocenters. The zero-order chi connectivity index (χ0) is 42.7. The molecule has 20 nitrogen and oxygen atoms in total. The van der Waals surface area contributed by atoms with Crippen molar-refractivity contribution in [2.75, 3.05) is 6.61 Å². The van der Waals surface area contributed by atoms with Crippen molar-refractivity contribution >= 4 is 11.8 Å².